The van der Waals surface area contributed by atoms with Gasteiger partial charge in [-0.05, 0) is 44.9 Å². The highest BCUT2D eigenvalue weighted by molar-refractivity contribution is 7.92. The van der Waals surface area contributed by atoms with E-state index in [-0.39, 0.29) is 27.8 Å². The van der Waals surface area contributed by atoms with Gasteiger partial charge in [0.15, 0.2) is 10.7 Å². The Labute approximate surface area is 117 Å². The van der Waals surface area contributed by atoms with Crippen LogP contribution in [0.1, 0.15) is 22.6 Å². The fourth-order valence-electron chi connectivity index (χ4n) is 2.09. The molecule has 2 aromatic rings. The maximum absolute atomic E-state index is 12.4. The predicted octanol–water partition coefficient (Wildman–Crippen LogP) is 2.41. The Morgan fingerprint density at radius 1 is 1.20 bits per heavy atom. The third-order valence-corrected chi connectivity index (χ3v) is 4.53. The minimum Gasteiger partial charge on any atom is -0.505 e. The van der Waals surface area contributed by atoms with E-state index < -0.39 is 10.0 Å². The van der Waals surface area contributed by atoms with Crippen molar-refractivity contribution in [1.82, 2.24) is 5.16 Å². The van der Waals surface area contributed by atoms with Gasteiger partial charge in [0.05, 0.1) is 5.69 Å². The zero-order chi connectivity index (χ0) is 15.1. The molecule has 108 valence electrons. The minimum atomic E-state index is -3.85. The van der Waals surface area contributed by atoms with Crippen LogP contribution in [-0.4, -0.2) is 18.7 Å². The summed E-state index contributed by atoms with van der Waals surface area (Å²) in [6.45, 7) is 6.60. The van der Waals surface area contributed by atoms with E-state index in [0.29, 0.717) is 5.56 Å². The number of nitrogens with zero attached hydrogens (tertiary/aromatic N) is 1. The second-order valence-electron chi connectivity index (χ2n) is 4.74. The Morgan fingerprint density at radius 3 is 2.40 bits per heavy atom. The molecule has 0 aliphatic heterocycles. The number of aromatic nitrogens is 1. The summed E-state index contributed by atoms with van der Waals surface area (Å²) in [7, 11) is -3.85. The fraction of sp³-hybridized carbons (Fsp3) is 0.308. The number of rotatable bonds is 3. The van der Waals surface area contributed by atoms with Crippen molar-refractivity contribution in [3.8, 4) is 5.75 Å². The van der Waals surface area contributed by atoms with Gasteiger partial charge in [-0.1, -0.05) is 11.2 Å². The predicted molar refractivity (Wildman–Crippen MR) is 74.4 cm³/mol. The molecule has 0 unspecified atom stereocenters. The van der Waals surface area contributed by atoms with Crippen molar-refractivity contribution in [1.29, 1.82) is 0 Å². The van der Waals surface area contributed by atoms with Gasteiger partial charge in [-0.25, -0.2) is 8.42 Å². The van der Waals surface area contributed by atoms with E-state index >= 15 is 0 Å². The number of aromatic hydroxyl groups is 1. The van der Waals surface area contributed by atoms with Crippen LogP contribution in [0.3, 0.4) is 0 Å². The summed E-state index contributed by atoms with van der Waals surface area (Å²) in [6, 6.07) is 3.33. The number of hydrogen-bond acceptors (Lipinski definition) is 5. The first-order valence-electron chi connectivity index (χ1n) is 5.98. The lowest BCUT2D eigenvalue weighted by Gasteiger charge is -2.12. The molecule has 0 saturated heterocycles. The Hall–Kier alpha value is -2.02. The van der Waals surface area contributed by atoms with Crippen molar-refractivity contribution in [2.24, 2.45) is 0 Å². The van der Waals surface area contributed by atoms with Gasteiger partial charge in [0.2, 0.25) is 0 Å². The highest BCUT2D eigenvalue weighted by Gasteiger charge is 2.25. The number of hydrogen-bond donors (Lipinski definition) is 2. The highest BCUT2D eigenvalue weighted by Crippen LogP contribution is 2.31. The van der Waals surface area contributed by atoms with E-state index in [1.807, 2.05) is 6.92 Å². The molecule has 1 heterocycles. The van der Waals surface area contributed by atoms with E-state index in [0.717, 1.165) is 5.56 Å². The van der Waals surface area contributed by atoms with Gasteiger partial charge in [-0.2, -0.15) is 0 Å². The topological polar surface area (TPSA) is 92.4 Å². The summed E-state index contributed by atoms with van der Waals surface area (Å²) < 4.78 is 32.0. The first kappa shape index (κ1) is 14.4. The van der Waals surface area contributed by atoms with E-state index in [1.54, 1.807) is 26.0 Å². The average Bonchev–Trinajstić information content (AvgIpc) is 2.65. The molecule has 0 aliphatic carbocycles. The fourth-order valence-corrected chi connectivity index (χ4v) is 3.48. The molecule has 0 atom stereocenters. The zero-order valence-corrected chi connectivity index (χ0v) is 12.5. The number of aryl methyl sites for hydroxylation is 4. The zero-order valence-electron chi connectivity index (χ0n) is 11.7. The summed E-state index contributed by atoms with van der Waals surface area (Å²) in [6.07, 6.45) is 0. The van der Waals surface area contributed by atoms with Crippen LogP contribution in [-0.2, 0) is 10.0 Å². The molecule has 0 saturated carbocycles. The quantitative estimate of drug-likeness (QED) is 0.848. The van der Waals surface area contributed by atoms with Gasteiger partial charge in [0.25, 0.3) is 10.0 Å². The van der Waals surface area contributed by atoms with Gasteiger partial charge >= 0.3 is 0 Å². The first-order chi connectivity index (χ1) is 9.22. The summed E-state index contributed by atoms with van der Waals surface area (Å²) in [4.78, 5) is -0.00365. The molecule has 20 heavy (non-hydrogen) atoms. The number of phenolic OH excluding ortho intramolecular Hbond substituents is 1. The van der Waals surface area contributed by atoms with E-state index in [4.69, 9.17) is 4.52 Å². The Morgan fingerprint density at radius 2 is 1.85 bits per heavy atom. The Bertz CT molecular complexity index is 743. The van der Waals surface area contributed by atoms with Crippen LogP contribution in [0.2, 0.25) is 0 Å². The largest absolute Gasteiger partial charge is 0.505 e. The molecule has 0 radical (unpaired) electrons. The van der Waals surface area contributed by atoms with Crippen LogP contribution in [0.15, 0.2) is 21.6 Å². The van der Waals surface area contributed by atoms with E-state index in [1.165, 1.54) is 6.92 Å². The molecule has 2 rings (SSSR count). The summed E-state index contributed by atoms with van der Waals surface area (Å²) in [5.74, 6) is 0.116. The van der Waals surface area contributed by atoms with Crippen LogP contribution < -0.4 is 4.72 Å². The van der Waals surface area contributed by atoms with Crippen LogP contribution in [0.25, 0.3) is 0 Å². The lowest BCUT2D eigenvalue weighted by molar-refractivity contribution is 0.390. The second kappa shape index (κ2) is 4.82. The number of phenols is 1. The molecular weight excluding hydrogens is 280 g/mol. The Kier molecular flexibility index (Phi) is 3.47. The summed E-state index contributed by atoms with van der Waals surface area (Å²) in [5.41, 5.74) is 1.86. The Balaban J connectivity index is 2.49. The van der Waals surface area contributed by atoms with Crippen molar-refractivity contribution in [3.05, 3.63) is 34.7 Å². The molecular formula is C13H16N2O4S. The molecule has 2 N–H and O–H groups in total. The van der Waals surface area contributed by atoms with Gasteiger partial charge in [-0.15, -0.1) is 0 Å². The van der Waals surface area contributed by atoms with Crippen molar-refractivity contribution < 1.29 is 18.0 Å². The minimum absolute atomic E-state index is 0.00365. The van der Waals surface area contributed by atoms with Crippen LogP contribution in [0.4, 0.5) is 5.69 Å². The molecule has 1 aromatic heterocycles. The molecule has 0 fully saturated rings. The number of nitrogens with one attached hydrogen (secondary N) is 1. The van der Waals surface area contributed by atoms with Crippen molar-refractivity contribution >= 4 is 15.7 Å². The normalized spacial score (nSPS) is 11.6. The smallest absolute Gasteiger partial charge is 0.267 e. The lowest BCUT2D eigenvalue weighted by atomic mass is 10.1. The first-order valence-corrected chi connectivity index (χ1v) is 7.46. The second-order valence-corrected chi connectivity index (χ2v) is 6.36. The van der Waals surface area contributed by atoms with Gasteiger partial charge in [0.1, 0.15) is 11.4 Å². The molecule has 0 aliphatic rings. The highest BCUT2D eigenvalue weighted by atomic mass is 32.2. The third kappa shape index (κ3) is 2.49. The number of sulfonamides is 1. The number of anilines is 1. The van der Waals surface area contributed by atoms with Crippen LogP contribution in [0, 0.1) is 27.7 Å². The molecule has 7 heteroatoms. The molecule has 1 aromatic carbocycles. The van der Waals surface area contributed by atoms with Crippen molar-refractivity contribution in [3.63, 3.8) is 0 Å². The number of benzene rings is 1. The van der Waals surface area contributed by atoms with E-state index in [2.05, 4.69) is 9.88 Å². The maximum atomic E-state index is 12.4. The maximum Gasteiger partial charge on any atom is 0.267 e. The SMILES string of the molecule is Cc1cc(C)c(O)c(NS(=O)(=O)c2c(C)noc2C)c1. The van der Waals surface area contributed by atoms with Crippen molar-refractivity contribution in [2.75, 3.05) is 4.72 Å². The van der Waals surface area contributed by atoms with Crippen LogP contribution >= 0.6 is 0 Å². The van der Waals surface area contributed by atoms with E-state index in [9.17, 15) is 13.5 Å². The molecule has 6 nitrogen and oxygen atoms in total. The summed E-state index contributed by atoms with van der Waals surface area (Å²) in [5, 5.41) is 13.6. The molecule has 0 spiro atoms. The van der Waals surface area contributed by atoms with Gasteiger partial charge in [0, 0.05) is 0 Å². The molecule has 0 amide bonds. The lowest BCUT2D eigenvalue weighted by Crippen LogP contribution is -2.15. The third-order valence-electron chi connectivity index (χ3n) is 2.93. The van der Waals surface area contributed by atoms with Crippen LogP contribution in [0.5, 0.6) is 5.75 Å². The average molecular weight is 296 g/mol. The van der Waals surface area contributed by atoms with Gasteiger partial charge in [-0.3, -0.25) is 4.72 Å². The summed E-state index contributed by atoms with van der Waals surface area (Å²) >= 11 is 0. The standard InChI is InChI=1S/C13H16N2O4S/c1-7-5-8(2)12(16)11(6-7)15-20(17,18)13-9(3)14-19-10(13)4/h5-6,15-16H,1-4H3. The van der Waals surface area contributed by atoms with Gasteiger partial charge < -0.3 is 9.63 Å². The van der Waals surface area contributed by atoms with Crippen molar-refractivity contribution in [2.45, 2.75) is 32.6 Å². The monoisotopic (exact) mass is 296 g/mol. The molecule has 0 bridgehead atoms.